The second kappa shape index (κ2) is 9.24. The van der Waals surface area contributed by atoms with E-state index < -0.39 is 8.07 Å². The van der Waals surface area contributed by atoms with Gasteiger partial charge in [0, 0.05) is 6.42 Å². The normalized spacial score (nSPS) is 12.9. The molecule has 0 unspecified atom stereocenters. The summed E-state index contributed by atoms with van der Waals surface area (Å²) >= 11 is 0. The number of rotatable bonds is 7. The molecule has 3 heteroatoms. The minimum Gasteiger partial charge on any atom is -0.497 e. The summed E-state index contributed by atoms with van der Waals surface area (Å²) in [6.07, 6.45) is 0.470. The van der Waals surface area contributed by atoms with Crippen molar-refractivity contribution in [3.8, 4) is 17.2 Å². The summed E-state index contributed by atoms with van der Waals surface area (Å²) in [5, 5.41) is 0. The maximum atomic E-state index is 11.8. The minimum absolute atomic E-state index is 0.0356. The third kappa shape index (κ3) is 5.22. The third-order valence-corrected chi connectivity index (χ3v) is 11.6. The predicted molar refractivity (Wildman–Crippen MR) is 110 cm³/mol. The van der Waals surface area contributed by atoms with Gasteiger partial charge in [0.1, 0.15) is 19.6 Å². The lowest BCUT2D eigenvalue weighted by Gasteiger charge is -2.38. The van der Waals surface area contributed by atoms with Crippen LogP contribution < -0.4 is 4.74 Å². The van der Waals surface area contributed by atoms with E-state index >= 15 is 0 Å². The van der Waals surface area contributed by atoms with E-state index in [1.807, 2.05) is 24.3 Å². The standard InChI is InChI=1S/C22H34O2Si/c1-16(2)25(17(3)4,18(5)6)14-13-21(15-19(7)23)20-9-11-22(24-8)12-10-20/h9-12,16-18,21H,15H2,1-8H3/t21-/m1/s1. The monoisotopic (exact) mass is 358 g/mol. The predicted octanol–water partition coefficient (Wildman–Crippen LogP) is 5.98. The van der Waals surface area contributed by atoms with Gasteiger partial charge in [0.05, 0.1) is 13.0 Å². The fraction of sp³-hybridized carbons (Fsp3) is 0.591. The average Bonchev–Trinajstić information content (AvgIpc) is 2.53. The number of ketones is 1. The Morgan fingerprint density at radius 1 is 1.00 bits per heavy atom. The van der Waals surface area contributed by atoms with Crippen LogP contribution in [-0.4, -0.2) is 21.0 Å². The Kier molecular flexibility index (Phi) is 7.95. The lowest BCUT2D eigenvalue weighted by atomic mass is 9.95. The van der Waals surface area contributed by atoms with Crippen molar-refractivity contribution in [2.45, 2.75) is 77.4 Å². The van der Waals surface area contributed by atoms with Gasteiger partial charge in [-0.3, -0.25) is 4.79 Å². The summed E-state index contributed by atoms with van der Waals surface area (Å²) < 4.78 is 5.24. The molecule has 0 aliphatic heterocycles. The number of methoxy groups -OCH3 is 1. The Balaban J connectivity index is 3.33. The number of benzene rings is 1. The second-order valence-corrected chi connectivity index (χ2v) is 13.5. The largest absolute Gasteiger partial charge is 0.497 e. The highest BCUT2D eigenvalue weighted by Crippen LogP contribution is 2.41. The maximum Gasteiger partial charge on any atom is 0.145 e. The second-order valence-electron chi connectivity index (χ2n) is 7.90. The molecule has 2 nitrogen and oxygen atoms in total. The Hall–Kier alpha value is -1.53. The highest BCUT2D eigenvalue weighted by atomic mass is 28.3. The molecule has 0 bridgehead atoms. The lowest BCUT2D eigenvalue weighted by molar-refractivity contribution is -0.117. The summed E-state index contributed by atoms with van der Waals surface area (Å²) in [7, 11) is -0.127. The quantitative estimate of drug-likeness (QED) is 0.443. The van der Waals surface area contributed by atoms with Gasteiger partial charge in [0.2, 0.25) is 0 Å². The molecule has 0 amide bonds. The molecule has 1 aromatic rings. The minimum atomic E-state index is -1.79. The van der Waals surface area contributed by atoms with Crippen molar-refractivity contribution in [3.63, 3.8) is 0 Å². The molecular formula is C22H34O2Si. The molecule has 0 spiro atoms. The molecule has 0 aromatic heterocycles. The molecular weight excluding hydrogens is 324 g/mol. The van der Waals surface area contributed by atoms with Crippen molar-refractivity contribution in [2.75, 3.05) is 7.11 Å². The maximum absolute atomic E-state index is 11.8. The molecule has 0 radical (unpaired) electrons. The van der Waals surface area contributed by atoms with Gasteiger partial charge in [-0.2, -0.15) is 0 Å². The lowest BCUT2D eigenvalue weighted by Crippen LogP contribution is -2.43. The molecule has 0 saturated carbocycles. The molecule has 0 N–H and O–H groups in total. The molecule has 1 rings (SSSR count). The van der Waals surface area contributed by atoms with Crippen LogP contribution in [0.5, 0.6) is 5.75 Å². The van der Waals surface area contributed by atoms with Gasteiger partial charge >= 0.3 is 0 Å². The van der Waals surface area contributed by atoms with Crippen LogP contribution in [0.4, 0.5) is 0 Å². The van der Waals surface area contributed by atoms with Crippen LogP contribution in [-0.2, 0) is 4.79 Å². The number of hydrogen-bond donors (Lipinski definition) is 0. The number of Topliss-reactive ketones (excluding diaryl/α,β-unsaturated/α-hetero) is 1. The third-order valence-electron chi connectivity index (χ3n) is 5.34. The van der Waals surface area contributed by atoms with Crippen LogP contribution in [0.2, 0.25) is 16.6 Å². The Labute approximate surface area is 155 Å². The zero-order valence-corrected chi connectivity index (χ0v) is 18.1. The van der Waals surface area contributed by atoms with Crippen LogP contribution in [0.15, 0.2) is 24.3 Å². The van der Waals surface area contributed by atoms with Crippen molar-refractivity contribution in [2.24, 2.45) is 0 Å². The van der Waals surface area contributed by atoms with E-state index in [0.29, 0.717) is 23.0 Å². The van der Waals surface area contributed by atoms with E-state index in [-0.39, 0.29) is 11.7 Å². The van der Waals surface area contributed by atoms with Crippen LogP contribution in [0.3, 0.4) is 0 Å². The van der Waals surface area contributed by atoms with Crippen LogP contribution in [0, 0.1) is 11.5 Å². The molecule has 0 fully saturated rings. The molecule has 1 aromatic carbocycles. The van der Waals surface area contributed by atoms with Crippen molar-refractivity contribution in [1.29, 1.82) is 0 Å². The van der Waals surface area contributed by atoms with E-state index in [4.69, 9.17) is 4.74 Å². The van der Waals surface area contributed by atoms with Gasteiger partial charge in [0.15, 0.2) is 0 Å². The fourth-order valence-corrected chi connectivity index (χ4v) is 9.31. The topological polar surface area (TPSA) is 26.3 Å². The van der Waals surface area contributed by atoms with E-state index in [1.54, 1.807) is 14.0 Å². The average molecular weight is 359 g/mol. The van der Waals surface area contributed by atoms with E-state index in [0.717, 1.165) is 11.3 Å². The van der Waals surface area contributed by atoms with Gasteiger partial charge in [-0.05, 0) is 41.2 Å². The SMILES string of the molecule is COc1ccc([C@H](C#C[Si](C(C)C)(C(C)C)C(C)C)CC(C)=O)cc1. The van der Waals surface area contributed by atoms with Crippen molar-refractivity contribution in [1.82, 2.24) is 0 Å². The Morgan fingerprint density at radius 2 is 1.48 bits per heavy atom. The van der Waals surface area contributed by atoms with Gasteiger partial charge in [-0.15, -0.1) is 11.5 Å². The number of carbonyl (C=O) groups excluding carboxylic acids is 1. The van der Waals surface area contributed by atoms with E-state index in [2.05, 4.69) is 53.0 Å². The van der Waals surface area contributed by atoms with Crippen LogP contribution in [0.25, 0.3) is 0 Å². The summed E-state index contributed by atoms with van der Waals surface area (Å²) in [6.45, 7) is 15.5. The number of carbonyl (C=O) groups is 1. The molecule has 0 heterocycles. The summed E-state index contributed by atoms with van der Waals surface area (Å²) in [5.41, 5.74) is 6.64. The summed E-state index contributed by atoms with van der Waals surface area (Å²) in [5.74, 6) is 4.51. The van der Waals surface area contributed by atoms with Crippen molar-refractivity contribution >= 4 is 13.9 Å². The smallest absolute Gasteiger partial charge is 0.145 e. The Morgan fingerprint density at radius 3 is 1.84 bits per heavy atom. The van der Waals surface area contributed by atoms with Gasteiger partial charge < -0.3 is 4.74 Å². The molecule has 138 valence electrons. The zero-order valence-electron chi connectivity index (χ0n) is 17.1. The van der Waals surface area contributed by atoms with E-state index in [1.165, 1.54) is 0 Å². The first-order chi connectivity index (χ1) is 11.6. The summed E-state index contributed by atoms with van der Waals surface area (Å²) in [6, 6.07) is 7.96. The molecule has 0 saturated heterocycles. The highest BCUT2D eigenvalue weighted by molar-refractivity contribution is 6.90. The van der Waals surface area contributed by atoms with Gasteiger partial charge in [-0.1, -0.05) is 53.7 Å². The first-order valence-corrected chi connectivity index (χ1v) is 11.5. The fourth-order valence-electron chi connectivity index (χ4n) is 4.02. The van der Waals surface area contributed by atoms with Gasteiger partial charge in [0.25, 0.3) is 0 Å². The van der Waals surface area contributed by atoms with Crippen molar-refractivity contribution < 1.29 is 9.53 Å². The van der Waals surface area contributed by atoms with Crippen molar-refractivity contribution in [3.05, 3.63) is 29.8 Å². The number of hydrogen-bond acceptors (Lipinski definition) is 2. The molecule has 0 aliphatic rings. The molecule has 0 aliphatic carbocycles. The molecule has 25 heavy (non-hydrogen) atoms. The molecule has 1 atom stereocenters. The van der Waals surface area contributed by atoms with E-state index in [9.17, 15) is 4.79 Å². The first-order valence-electron chi connectivity index (χ1n) is 9.31. The Bertz CT molecular complexity index is 596. The number of ether oxygens (including phenoxy) is 1. The van der Waals surface area contributed by atoms with Crippen LogP contribution in [0.1, 0.15) is 66.4 Å². The first kappa shape index (κ1) is 21.5. The van der Waals surface area contributed by atoms with Crippen LogP contribution >= 0.6 is 0 Å². The van der Waals surface area contributed by atoms with Gasteiger partial charge in [-0.25, -0.2) is 0 Å². The zero-order chi connectivity index (χ0) is 19.2. The highest BCUT2D eigenvalue weighted by Gasteiger charge is 2.41. The summed E-state index contributed by atoms with van der Waals surface area (Å²) in [4.78, 5) is 11.8.